The van der Waals surface area contributed by atoms with Crippen LogP contribution in [0.1, 0.15) is 18.1 Å². The third-order valence-electron chi connectivity index (χ3n) is 6.24. The molecular formula is C31H23BrCl2N2O5S. The summed E-state index contributed by atoms with van der Waals surface area (Å²) in [6.07, 6.45) is 1.59. The molecule has 214 valence electrons. The lowest BCUT2D eigenvalue weighted by Crippen LogP contribution is -2.36. The van der Waals surface area contributed by atoms with Gasteiger partial charge < -0.3 is 14.8 Å². The number of anilines is 1. The van der Waals surface area contributed by atoms with Crippen LogP contribution >= 0.6 is 50.9 Å². The third kappa shape index (κ3) is 6.76. The molecule has 1 aliphatic rings. The lowest BCUT2D eigenvalue weighted by Gasteiger charge is -2.15. The molecule has 0 bridgehead atoms. The summed E-state index contributed by atoms with van der Waals surface area (Å²) in [5.41, 5.74) is 2.04. The van der Waals surface area contributed by atoms with E-state index in [1.54, 1.807) is 36.4 Å². The van der Waals surface area contributed by atoms with Crippen molar-refractivity contribution in [2.45, 2.75) is 13.5 Å². The smallest absolute Gasteiger partial charge is 0.294 e. The van der Waals surface area contributed by atoms with Crippen LogP contribution in [0.5, 0.6) is 11.5 Å². The van der Waals surface area contributed by atoms with E-state index < -0.39 is 23.6 Å². The molecule has 1 heterocycles. The van der Waals surface area contributed by atoms with E-state index in [2.05, 4.69) is 21.2 Å². The quantitative estimate of drug-likeness (QED) is 0.178. The number of carbonyl (C=O) groups excluding carboxylic acids is 3. The van der Waals surface area contributed by atoms with Gasteiger partial charge in [-0.2, -0.15) is 0 Å². The molecule has 1 aliphatic heterocycles. The number of rotatable bonds is 9. The average molecular weight is 686 g/mol. The van der Waals surface area contributed by atoms with Gasteiger partial charge in [-0.15, -0.1) is 0 Å². The zero-order valence-electron chi connectivity index (χ0n) is 22.2. The van der Waals surface area contributed by atoms with E-state index in [-0.39, 0.29) is 11.5 Å². The normalized spacial score (nSPS) is 14.1. The summed E-state index contributed by atoms with van der Waals surface area (Å²) < 4.78 is 12.4. The first-order valence-corrected chi connectivity index (χ1v) is 15.2. The molecule has 0 radical (unpaired) electrons. The Balaban J connectivity index is 1.31. The maximum Gasteiger partial charge on any atom is 0.294 e. The molecule has 0 atom stereocenters. The molecule has 0 spiro atoms. The fourth-order valence-corrected chi connectivity index (χ4v) is 6.05. The van der Waals surface area contributed by atoms with Crippen molar-refractivity contribution in [3.05, 3.63) is 103 Å². The van der Waals surface area contributed by atoms with Crippen LogP contribution in [0.3, 0.4) is 0 Å². The highest BCUT2D eigenvalue weighted by atomic mass is 79.9. The fourth-order valence-electron chi connectivity index (χ4n) is 4.31. The number of hydrogen-bond acceptors (Lipinski definition) is 6. The molecule has 0 aromatic heterocycles. The first-order valence-electron chi connectivity index (χ1n) is 12.8. The summed E-state index contributed by atoms with van der Waals surface area (Å²) in [5, 5.41) is 5.01. The highest BCUT2D eigenvalue weighted by Gasteiger charge is 2.36. The van der Waals surface area contributed by atoms with Crippen molar-refractivity contribution in [1.29, 1.82) is 0 Å². The van der Waals surface area contributed by atoms with E-state index in [4.69, 9.17) is 32.7 Å². The average Bonchev–Trinajstić information content (AvgIpc) is 3.22. The van der Waals surface area contributed by atoms with Crippen molar-refractivity contribution in [2.24, 2.45) is 0 Å². The Morgan fingerprint density at radius 3 is 2.57 bits per heavy atom. The van der Waals surface area contributed by atoms with Crippen LogP contribution in [0.2, 0.25) is 10.0 Å². The van der Waals surface area contributed by atoms with Crippen molar-refractivity contribution >= 4 is 90.5 Å². The number of benzene rings is 4. The van der Waals surface area contributed by atoms with Crippen LogP contribution < -0.4 is 14.8 Å². The van der Waals surface area contributed by atoms with Gasteiger partial charge in [0.25, 0.3) is 11.1 Å². The van der Waals surface area contributed by atoms with Gasteiger partial charge in [-0.3, -0.25) is 19.3 Å². The zero-order chi connectivity index (χ0) is 29.8. The highest BCUT2D eigenvalue weighted by Crippen LogP contribution is 2.40. The molecule has 4 aromatic carbocycles. The predicted octanol–water partition coefficient (Wildman–Crippen LogP) is 8.56. The van der Waals surface area contributed by atoms with Crippen molar-refractivity contribution in [3.8, 4) is 11.5 Å². The maximum absolute atomic E-state index is 13.1. The number of fused-ring (bicyclic) bond motifs is 1. The minimum absolute atomic E-state index is 0.191. The SMILES string of the molecule is CCOc1cc(/C=C2/SC(=O)N(CC(=O)Nc3cccc4ccccc34)C2=O)cc(Br)c1OCc1ccc(Cl)c(Cl)c1. The molecule has 7 nitrogen and oxygen atoms in total. The molecule has 1 fully saturated rings. The van der Waals surface area contributed by atoms with Gasteiger partial charge in [0.05, 0.1) is 26.0 Å². The number of halogens is 3. The Labute approximate surface area is 264 Å². The summed E-state index contributed by atoms with van der Waals surface area (Å²) in [7, 11) is 0. The van der Waals surface area contributed by atoms with Gasteiger partial charge in [0, 0.05) is 11.1 Å². The number of thioether (sulfide) groups is 1. The second kappa shape index (κ2) is 13.2. The second-order valence-corrected chi connectivity index (χ2v) is 11.8. The molecule has 3 amide bonds. The van der Waals surface area contributed by atoms with E-state index in [0.29, 0.717) is 43.9 Å². The number of nitrogens with one attached hydrogen (secondary N) is 1. The lowest BCUT2D eigenvalue weighted by atomic mass is 10.1. The van der Waals surface area contributed by atoms with E-state index in [1.165, 1.54) is 0 Å². The van der Waals surface area contributed by atoms with E-state index in [9.17, 15) is 14.4 Å². The summed E-state index contributed by atoms with van der Waals surface area (Å²) in [6.45, 7) is 2.04. The summed E-state index contributed by atoms with van der Waals surface area (Å²) in [4.78, 5) is 39.8. The van der Waals surface area contributed by atoms with Crippen molar-refractivity contribution < 1.29 is 23.9 Å². The van der Waals surface area contributed by atoms with Crippen LogP contribution in [0.15, 0.2) is 82.2 Å². The molecule has 0 saturated carbocycles. The lowest BCUT2D eigenvalue weighted by molar-refractivity contribution is -0.127. The van der Waals surface area contributed by atoms with Crippen molar-refractivity contribution in [1.82, 2.24) is 4.90 Å². The summed E-state index contributed by atoms with van der Waals surface area (Å²) in [6, 6.07) is 21.9. The number of nitrogens with zero attached hydrogens (tertiary/aromatic N) is 1. The van der Waals surface area contributed by atoms with Gasteiger partial charge in [0.15, 0.2) is 11.5 Å². The topological polar surface area (TPSA) is 84.9 Å². The largest absolute Gasteiger partial charge is 0.490 e. The van der Waals surface area contributed by atoms with E-state index in [1.807, 2.05) is 49.4 Å². The number of hydrogen-bond donors (Lipinski definition) is 1. The monoisotopic (exact) mass is 684 g/mol. The predicted molar refractivity (Wildman–Crippen MR) is 171 cm³/mol. The Bertz CT molecular complexity index is 1740. The molecular weight excluding hydrogens is 663 g/mol. The molecule has 42 heavy (non-hydrogen) atoms. The van der Waals surface area contributed by atoms with Crippen LogP contribution in [-0.2, 0) is 16.2 Å². The van der Waals surface area contributed by atoms with Gasteiger partial charge in [-0.1, -0.05) is 65.7 Å². The molecule has 5 rings (SSSR count). The first-order chi connectivity index (χ1) is 20.2. The van der Waals surface area contributed by atoms with E-state index in [0.717, 1.165) is 33.0 Å². The third-order valence-corrected chi connectivity index (χ3v) is 8.47. The molecule has 0 aliphatic carbocycles. The van der Waals surface area contributed by atoms with Gasteiger partial charge >= 0.3 is 0 Å². The Hall–Kier alpha value is -3.50. The minimum atomic E-state index is -0.549. The second-order valence-electron chi connectivity index (χ2n) is 9.14. The Morgan fingerprint density at radius 2 is 1.79 bits per heavy atom. The van der Waals surface area contributed by atoms with Crippen LogP contribution in [-0.4, -0.2) is 35.1 Å². The molecule has 11 heteroatoms. The van der Waals surface area contributed by atoms with Crippen LogP contribution in [0, 0.1) is 0 Å². The number of carbonyl (C=O) groups is 3. The molecule has 1 N–H and O–H groups in total. The van der Waals surface area contributed by atoms with Crippen molar-refractivity contribution in [3.63, 3.8) is 0 Å². The highest BCUT2D eigenvalue weighted by molar-refractivity contribution is 9.10. The Morgan fingerprint density at radius 1 is 1.00 bits per heavy atom. The summed E-state index contributed by atoms with van der Waals surface area (Å²) >= 11 is 16.4. The molecule has 1 saturated heterocycles. The zero-order valence-corrected chi connectivity index (χ0v) is 26.1. The number of ether oxygens (including phenoxy) is 2. The molecule has 0 unspecified atom stereocenters. The summed E-state index contributed by atoms with van der Waals surface area (Å²) in [5.74, 6) is -0.1000. The Kier molecular flexibility index (Phi) is 9.43. The molecule has 4 aromatic rings. The van der Waals surface area contributed by atoms with Crippen LogP contribution in [0.4, 0.5) is 10.5 Å². The number of imide groups is 1. The van der Waals surface area contributed by atoms with Gasteiger partial charge in [-0.05, 0) is 87.5 Å². The minimum Gasteiger partial charge on any atom is -0.490 e. The first kappa shape index (κ1) is 30.0. The van der Waals surface area contributed by atoms with Crippen molar-refractivity contribution in [2.75, 3.05) is 18.5 Å². The van der Waals surface area contributed by atoms with Gasteiger partial charge in [0.1, 0.15) is 13.2 Å². The maximum atomic E-state index is 13.1. The van der Waals surface area contributed by atoms with E-state index >= 15 is 0 Å². The van der Waals surface area contributed by atoms with Gasteiger partial charge in [-0.25, -0.2) is 0 Å². The standard InChI is InChI=1S/C31H23BrCl2N2O5S/c1-2-40-26-14-19(12-22(32)29(26)41-17-18-10-11-23(33)24(34)13-18)15-27-30(38)36(31(39)42-27)16-28(37)35-25-9-5-7-20-6-3-4-8-21(20)25/h3-15H,2,16-17H2,1H3,(H,35,37)/b27-15+. The van der Waals surface area contributed by atoms with Crippen LogP contribution in [0.25, 0.3) is 16.8 Å². The number of amides is 3. The fraction of sp³-hybridized carbons (Fsp3) is 0.129. The van der Waals surface area contributed by atoms with Gasteiger partial charge in [0.2, 0.25) is 5.91 Å².